The van der Waals surface area contributed by atoms with E-state index in [1.54, 1.807) is 0 Å². The summed E-state index contributed by atoms with van der Waals surface area (Å²) >= 11 is 0. The maximum Gasteiger partial charge on any atom is 0.306 e. The van der Waals surface area contributed by atoms with Crippen LogP contribution in [0.3, 0.4) is 0 Å². The molecule has 4 N–H and O–H groups in total. The average Bonchev–Trinajstić information content (AvgIpc) is 2.98. The van der Waals surface area contributed by atoms with Crippen LogP contribution in [0.5, 0.6) is 0 Å². The van der Waals surface area contributed by atoms with Gasteiger partial charge in [0.2, 0.25) is 11.7 Å². The SMILES string of the molecule is C[C@@H]1CC2C3CCC4=CC(O)C=C[C@]4(C)C3=CC[C@]2(C)[C@@]1(O)C(=O)COC(=O)CCC(N)=O. The third-order valence-corrected chi connectivity index (χ3v) is 9.00. The van der Waals surface area contributed by atoms with Gasteiger partial charge in [0.15, 0.2) is 6.61 Å². The van der Waals surface area contributed by atoms with E-state index in [1.165, 1.54) is 11.1 Å². The number of hydrogen-bond acceptors (Lipinski definition) is 6. The summed E-state index contributed by atoms with van der Waals surface area (Å²) in [6.45, 7) is 5.59. The van der Waals surface area contributed by atoms with Crippen LogP contribution in [0.2, 0.25) is 0 Å². The number of esters is 1. The molecule has 0 bridgehead atoms. The highest BCUT2D eigenvalue weighted by molar-refractivity contribution is 5.91. The molecule has 2 saturated carbocycles. The molecule has 180 valence electrons. The fourth-order valence-corrected chi connectivity index (χ4v) is 7.13. The number of fused-ring (bicyclic) bond motifs is 5. The highest BCUT2D eigenvalue weighted by Crippen LogP contribution is 2.66. The number of aliphatic hydroxyl groups excluding tert-OH is 1. The number of hydrogen-bond donors (Lipinski definition) is 3. The van der Waals surface area contributed by atoms with Crippen molar-refractivity contribution in [2.75, 3.05) is 6.61 Å². The minimum atomic E-state index is -1.60. The number of aliphatic hydroxyl groups is 2. The van der Waals surface area contributed by atoms with E-state index in [9.17, 15) is 24.6 Å². The van der Waals surface area contributed by atoms with Gasteiger partial charge in [-0.25, -0.2) is 0 Å². The van der Waals surface area contributed by atoms with Crippen LogP contribution in [0, 0.1) is 28.6 Å². The fraction of sp³-hybridized carbons (Fsp3) is 0.654. The van der Waals surface area contributed by atoms with E-state index in [0.29, 0.717) is 6.42 Å². The Balaban J connectivity index is 1.57. The Hall–Kier alpha value is -2.25. The van der Waals surface area contributed by atoms with Crippen molar-refractivity contribution in [3.63, 3.8) is 0 Å². The minimum absolute atomic E-state index is 0.130. The standard InChI is InChI=1S/C26H35NO6/c1-15-12-20-18-5-4-16-13-17(28)8-10-24(16,2)19(18)9-11-25(20,3)26(15,32)21(29)14-33-23(31)7-6-22(27)30/h8-10,13,15,17-18,20,28,32H,4-7,11-12,14H2,1-3H3,(H2,27,30)/t15-,17?,18?,20?,24+,25+,26+/m1/s1. The first-order valence-electron chi connectivity index (χ1n) is 11.9. The molecule has 0 aromatic carbocycles. The predicted molar refractivity (Wildman–Crippen MR) is 121 cm³/mol. The Kier molecular flexibility index (Phi) is 5.94. The molecule has 7 atom stereocenters. The van der Waals surface area contributed by atoms with Crippen molar-refractivity contribution in [2.24, 2.45) is 34.3 Å². The van der Waals surface area contributed by atoms with Crippen molar-refractivity contribution in [3.05, 3.63) is 35.5 Å². The van der Waals surface area contributed by atoms with Gasteiger partial charge >= 0.3 is 5.97 Å². The molecule has 0 aromatic rings. The van der Waals surface area contributed by atoms with E-state index in [2.05, 4.69) is 19.1 Å². The van der Waals surface area contributed by atoms with Crippen LogP contribution in [0.15, 0.2) is 35.5 Å². The van der Waals surface area contributed by atoms with Gasteiger partial charge in [0, 0.05) is 17.3 Å². The molecule has 0 spiro atoms. The smallest absolute Gasteiger partial charge is 0.306 e. The number of Topliss-reactive ketones (excluding diaryl/α,β-unsaturated/α-hetero) is 1. The second-order valence-electron chi connectivity index (χ2n) is 10.7. The molecular weight excluding hydrogens is 422 g/mol. The van der Waals surface area contributed by atoms with Crippen LogP contribution < -0.4 is 5.73 Å². The van der Waals surface area contributed by atoms with E-state index in [0.717, 1.165) is 19.3 Å². The largest absolute Gasteiger partial charge is 0.458 e. The van der Waals surface area contributed by atoms with Gasteiger partial charge in [-0.05, 0) is 50.4 Å². The van der Waals surface area contributed by atoms with Crippen molar-refractivity contribution in [1.29, 1.82) is 0 Å². The molecule has 0 saturated heterocycles. The van der Waals surface area contributed by atoms with Crippen molar-refractivity contribution in [2.45, 2.75) is 71.0 Å². The highest BCUT2D eigenvalue weighted by Gasteiger charge is 2.67. The van der Waals surface area contributed by atoms with Crippen LogP contribution >= 0.6 is 0 Å². The number of nitrogens with two attached hydrogens (primary N) is 1. The number of rotatable bonds is 6. The first kappa shape index (κ1) is 23.9. The third-order valence-electron chi connectivity index (χ3n) is 9.00. The van der Waals surface area contributed by atoms with Crippen molar-refractivity contribution < 1.29 is 29.3 Å². The maximum atomic E-state index is 13.3. The number of carbonyl (C=O) groups excluding carboxylic acids is 3. The minimum Gasteiger partial charge on any atom is -0.458 e. The van der Waals surface area contributed by atoms with Crippen LogP contribution in [0.25, 0.3) is 0 Å². The molecule has 0 heterocycles. The number of ketones is 1. The molecule has 7 nitrogen and oxygen atoms in total. The predicted octanol–water partition coefficient (Wildman–Crippen LogP) is 2.36. The van der Waals surface area contributed by atoms with E-state index >= 15 is 0 Å². The first-order chi connectivity index (χ1) is 15.4. The molecule has 33 heavy (non-hydrogen) atoms. The molecule has 3 unspecified atom stereocenters. The molecule has 7 heteroatoms. The van der Waals surface area contributed by atoms with Gasteiger partial charge in [-0.2, -0.15) is 0 Å². The van der Waals surface area contributed by atoms with E-state index < -0.39 is 41.4 Å². The lowest BCUT2D eigenvalue weighted by molar-refractivity contribution is -0.168. The van der Waals surface area contributed by atoms with Crippen LogP contribution in [-0.4, -0.2) is 46.2 Å². The summed E-state index contributed by atoms with van der Waals surface area (Å²) < 4.78 is 5.10. The van der Waals surface area contributed by atoms with Gasteiger partial charge < -0.3 is 20.7 Å². The Morgan fingerprint density at radius 2 is 1.97 bits per heavy atom. The lowest BCUT2D eigenvalue weighted by atomic mass is 9.51. The van der Waals surface area contributed by atoms with E-state index in [4.69, 9.17) is 10.5 Å². The number of allylic oxidation sites excluding steroid dienone is 4. The average molecular weight is 458 g/mol. The summed E-state index contributed by atoms with van der Waals surface area (Å²) in [6.07, 6.45) is 10.3. The highest BCUT2D eigenvalue weighted by atomic mass is 16.5. The fourth-order valence-electron chi connectivity index (χ4n) is 7.13. The third kappa shape index (κ3) is 3.60. The second kappa shape index (κ2) is 8.20. The molecule has 4 aliphatic rings. The second-order valence-corrected chi connectivity index (χ2v) is 10.7. The van der Waals surface area contributed by atoms with Gasteiger partial charge in [-0.15, -0.1) is 0 Å². The van der Waals surface area contributed by atoms with E-state index in [-0.39, 0.29) is 36.0 Å². The van der Waals surface area contributed by atoms with Crippen molar-refractivity contribution in [3.8, 4) is 0 Å². The summed E-state index contributed by atoms with van der Waals surface area (Å²) in [7, 11) is 0. The van der Waals surface area contributed by atoms with Gasteiger partial charge in [0.1, 0.15) is 5.60 Å². The molecule has 4 rings (SSSR count). The summed E-state index contributed by atoms with van der Waals surface area (Å²) in [6, 6.07) is 0. The zero-order chi connectivity index (χ0) is 24.2. The quantitative estimate of drug-likeness (QED) is 0.415. The summed E-state index contributed by atoms with van der Waals surface area (Å²) in [5, 5.41) is 21.9. The monoisotopic (exact) mass is 457 g/mol. The normalized spacial score (nSPS) is 41.2. The molecular formula is C26H35NO6. The summed E-state index contributed by atoms with van der Waals surface area (Å²) in [4.78, 5) is 36.0. The lowest BCUT2D eigenvalue weighted by Gasteiger charge is -2.54. The van der Waals surface area contributed by atoms with Crippen LogP contribution in [0.1, 0.15) is 59.3 Å². The Bertz CT molecular complexity index is 966. The van der Waals surface area contributed by atoms with Gasteiger partial charge in [0.25, 0.3) is 0 Å². The van der Waals surface area contributed by atoms with Crippen molar-refractivity contribution in [1.82, 2.24) is 0 Å². The zero-order valence-corrected chi connectivity index (χ0v) is 19.7. The molecule has 0 aromatic heterocycles. The first-order valence-corrected chi connectivity index (χ1v) is 11.9. The Labute approximate surface area is 194 Å². The number of primary amides is 1. The maximum absolute atomic E-state index is 13.3. The van der Waals surface area contributed by atoms with Crippen LogP contribution in [0.4, 0.5) is 0 Å². The molecule has 2 fully saturated rings. The Morgan fingerprint density at radius 1 is 1.24 bits per heavy atom. The van der Waals surface area contributed by atoms with Gasteiger partial charge in [-0.1, -0.05) is 49.3 Å². The molecule has 1 amide bonds. The van der Waals surface area contributed by atoms with Gasteiger partial charge in [-0.3, -0.25) is 14.4 Å². The van der Waals surface area contributed by atoms with E-state index in [1.807, 2.05) is 26.0 Å². The number of amides is 1. The number of carbonyl (C=O) groups is 3. The van der Waals surface area contributed by atoms with Gasteiger partial charge in [0.05, 0.1) is 12.5 Å². The summed E-state index contributed by atoms with van der Waals surface area (Å²) in [5.41, 5.74) is 5.14. The summed E-state index contributed by atoms with van der Waals surface area (Å²) in [5.74, 6) is -1.66. The molecule has 0 aliphatic heterocycles. The Morgan fingerprint density at radius 3 is 2.67 bits per heavy atom. The molecule has 4 aliphatic carbocycles. The number of ether oxygens (including phenoxy) is 1. The lowest BCUT2D eigenvalue weighted by Crippen LogP contribution is -2.57. The van der Waals surface area contributed by atoms with Crippen LogP contribution in [-0.2, 0) is 19.1 Å². The molecule has 0 radical (unpaired) electrons. The zero-order valence-electron chi connectivity index (χ0n) is 19.7. The topological polar surface area (TPSA) is 127 Å². The van der Waals surface area contributed by atoms with Crippen molar-refractivity contribution >= 4 is 17.7 Å².